The van der Waals surface area contributed by atoms with Crippen LogP contribution in [0.1, 0.15) is 32.8 Å². The topological polar surface area (TPSA) is 21.3 Å². The van der Waals surface area contributed by atoms with Crippen LogP contribution in [0.15, 0.2) is 24.3 Å². The van der Waals surface area contributed by atoms with Crippen LogP contribution >= 0.6 is 11.6 Å². The smallest absolute Gasteiger partial charge is 0.406 e. The predicted octanol–water partition coefficient (Wildman–Crippen LogP) is 4.72. The summed E-state index contributed by atoms with van der Waals surface area (Å²) in [7, 11) is 0. The maximum Gasteiger partial charge on any atom is 0.573 e. The van der Waals surface area contributed by atoms with Crippen molar-refractivity contribution in [1.82, 2.24) is 5.32 Å². The molecule has 0 aromatic heterocycles. The molecule has 2 nitrogen and oxygen atoms in total. The van der Waals surface area contributed by atoms with Gasteiger partial charge in [0.15, 0.2) is 0 Å². The summed E-state index contributed by atoms with van der Waals surface area (Å²) in [4.78, 5) is 0. The first-order valence-electron chi connectivity index (χ1n) is 6.76. The van der Waals surface area contributed by atoms with Crippen molar-refractivity contribution in [3.63, 3.8) is 0 Å². The number of rotatable bonds is 6. The van der Waals surface area contributed by atoms with Crippen LogP contribution in [0.25, 0.3) is 0 Å². The third kappa shape index (κ3) is 7.05. The Hall–Kier alpha value is -0.940. The molecule has 1 unspecified atom stereocenters. The molecule has 0 saturated heterocycles. The second-order valence-electron chi connectivity index (χ2n) is 5.97. The Morgan fingerprint density at radius 3 is 2.14 bits per heavy atom. The van der Waals surface area contributed by atoms with Gasteiger partial charge in [0.05, 0.1) is 0 Å². The molecule has 1 aromatic carbocycles. The number of alkyl halides is 4. The zero-order valence-corrected chi connectivity index (χ0v) is 13.2. The molecule has 1 aromatic rings. The lowest BCUT2D eigenvalue weighted by Gasteiger charge is -2.31. The van der Waals surface area contributed by atoms with Crippen LogP contribution in [-0.2, 0) is 6.54 Å². The van der Waals surface area contributed by atoms with Gasteiger partial charge in [-0.25, -0.2) is 0 Å². The van der Waals surface area contributed by atoms with E-state index in [2.05, 4.69) is 30.8 Å². The molecule has 0 bridgehead atoms. The van der Waals surface area contributed by atoms with Crippen LogP contribution in [0, 0.1) is 5.41 Å². The molecule has 1 rings (SSSR count). The molecular weight excluding hydrogens is 303 g/mol. The molecule has 0 spiro atoms. The maximum absolute atomic E-state index is 12.1. The number of hydrogen-bond donors (Lipinski definition) is 1. The van der Waals surface area contributed by atoms with Crippen LogP contribution in [-0.4, -0.2) is 18.3 Å². The van der Waals surface area contributed by atoms with E-state index in [4.69, 9.17) is 11.6 Å². The highest BCUT2D eigenvalue weighted by Gasteiger charge is 2.31. The van der Waals surface area contributed by atoms with Crippen LogP contribution in [0.3, 0.4) is 0 Å². The van der Waals surface area contributed by atoms with E-state index in [9.17, 15) is 13.2 Å². The van der Waals surface area contributed by atoms with Gasteiger partial charge in [-0.05, 0) is 29.5 Å². The van der Waals surface area contributed by atoms with Gasteiger partial charge >= 0.3 is 6.36 Å². The molecule has 0 fully saturated rings. The first kappa shape index (κ1) is 18.1. The minimum Gasteiger partial charge on any atom is -0.406 e. The normalized spacial score (nSPS) is 14.0. The van der Waals surface area contributed by atoms with E-state index in [1.165, 1.54) is 12.1 Å². The molecule has 1 N–H and O–H groups in total. The Balaban J connectivity index is 2.59. The van der Waals surface area contributed by atoms with E-state index in [1.54, 1.807) is 12.1 Å². The van der Waals surface area contributed by atoms with Crippen molar-refractivity contribution in [2.75, 3.05) is 5.88 Å². The SMILES string of the molecule is CC(C)(C)C(CCCl)NCc1ccc(OC(F)(F)F)cc1. The Labute approximate surface area is 128 Å². The fourth-order valence-corrected chi connectivity index (χ4v) is 2.22. The molecule has 0 amide bonds. The molecule has 0 aliphatic rings. The first-order chi connectivity index (χ1) is 9.62. The lowest BCUT2D eigenvalue weighted by molar-refractivity contribution is -0.274. The van der Waals surface area contributed by atoms with Gasteiger partial charge in [-0.15, -0.1) is 24.8 Å². The monoisotopic (exact) mass is 323 g/mol. The van der Waals surface area contributed by atoms with Gasteiger partial charge in [0.25, 0.3) is 0 Å². The summed E-state index contributed by atoms with van der Waals surface area (Å²) in [6.07, 6.45) is -3.82. The Bertz CT molecular complexity index is 426. The summed E-state index contributed by atoms with van der Waals surface area (Å²) in [5.74, 6) is 0.354. The van der Waals surface area contributed by atoms with Crippen molar-refractivity contribution in [3.8, 4) is 5.75 Å². The van der Waals surface area contributed by atoms with Crippen molar-refractivity contribution in [2.24, 2.45) is 5.41 Å². The number of hydrogen-bond acceptors (Lipinski definition) is 2. The quantitative estimate of drug-likeness (QED) is 0.765. The lowest BCUT2D eigenvalue weighted by Crippen LogP contribution is -2.40. The molecular formula is C15H21ClF3NO. The zero-order valence-electron chi connectivity index (χ0n) is 12.4. The van der Waals surface area contributed by atoms with Crippen LogP contribution < -0.4 is 10.1 Å². The minimum atomic E-state index is -4.66. The fourth-order valence-electron chi connectivity index (χ4n) is 2.00. The molecule has 120 valence electrons. The maximum atomic E-state index is 12.1. The molecule has 0 heterocycles. The molecule has 0 aliphatic heterocycles. The van der Waals surface area contributed by atoms with Crippen molar-refractivity contribution >= 4 is 11.6 Å². The summed E-state index contributed by atoms with van der Waals surface area (Å²) >= 11 is 5.80. The fraction of sp³-hybridized carbons (Fsp3) is 0.600. The molecule has 0 saturated carbocycles. The zero-order chi connectivity index (χ0) is 16.1. The largest absolute Gasteiger partial charge is 0.573 e. The average molecular weight is 324 g/mol. The first-order valence-corrected chi connectivity index (χ1v) is 7.29. The molecule has 21 heavy (non-hydrogen) atoms. The Kier molecular flexibility index (Phi) is 6.35. The van der Waals surface area contributed by atoms with E-state index in [1.807, 2.05) is 0 Å². The standard InChI is InChI=1S/C15H21ClF3NO/c1-14(2,3)13(8-9-16)20-10-11-4-6-12(7-5-11)21-15(17,18)19/h4-7,13,20H,8-10H2,1-3H3. The highest BCUT2D eigenvalue weighted by molar-refractivity contribution is 6.17. The second kappa shape index (κ2) is 7.36. The van der Waals surface area contributed by atoms with Crippen LogP contribution in [0.4, 0.5) is 13.2 Å². The van der Waals surface area contributed by atoms with Crippen molar-refractivity contribution in [2.45, 2.75) is 46.1 Å². The van der Waals surface area contributed by atoms with Gasteiger partial charge in [-0.1, -0.05) is 32.9 Å². The minimum absolute atomic E-state index is 0.0637. The summed E-state index contributed by atoms with van der Waals surface area (Å²) in [5.41, 5.74) is 0.960. The highest BCUT2D eigenvalue weighted by Crippen LogP contribution is 2.24. The number of nitrogens with one attached hydrogen (secondary N) is 1. The number of halogens is 4. The summed E-state index contributed by atoms with van der Waals surface area (Å²) in [6.45, 7) is 6.94. The predicted molar refractivity (Wildman–Crippen MR) is 78.5 cm³/mol. The Morgan fingerprint density at radius 2 is 1.71 bits per heavy atom. The average Bonchev–Trinajstić information content (AvgIpc) is 2.33. The van der Waals surface area contributed by atoms with Crippen LogP contribution in [0.2, 0.25) is 0 Å². The van der Waals surface area contributed by atoms with Crippen molar-refractivity contribution in [3.05, 3.63) is 29.8 Å². The van der Waals surface area contributed by atoms with E-state index in [-0.39, 0.29) is 17.2 Å². The van der Waals surface area contributed by atoms with Gasteiger partial charge < -0.3 is 10.1 Å². The van der Waals surface area contributed by atoms with Gasteiger partial charge in [-0.2, -0.15) is 0 Å². The number of benzene rings is 1. The molecule has 6 heteroatoms. The van der Waals surface area contributed by atoms with Crippen molar-refractivity contribution < 1.29 is 17.9 Å². The van der Waals surface area contributed by atoms with Gasteiger partial charge in [0.2, 0.25) is 0 Å². The van der Waals surface area contributed by atoms with E-state index in [0.717, 1.165) is 12.0 Å². The number of ether oxygens (including phenoxy) is 1. The van der Waals surface area contributed by atoms with E-state index < -0.39 is 6.36 Å². The molecule has 1 atom stereocenters. The second-order valence-corrected chi connectivity index (χ2v) is 6.35. The van der Waals surface area contributed by atoms with Gasteiger partial charge in [0.1, 0.15) is 5.75 Å². The summed E-state index contributed by atoms with van der Waals surface area (Å²) in [6, 6.07) is 6.11. The van der Waals surface area contributed by atoms with Gasteiger partial charge in [0, 0.05) is 18.5 Å². The summed E-state index contributed by atoms with van der Waals surface area (Å²) < 4.78 is 40.0. The third-order valence-electron chi connectivity index (χ3n) is 3.15. The summed E-state index contributed by atoms with van der Waals surface area (Å²) in [5, 5.41) is 3.40. The van der Waals surface area contributed by atoms with E-state index >= 15 is 0 Å². The molecule has 0 radical (unpaired) electrons. The third-order valence-corrected chi connectivity index (χ3v) is 3.37. The van der Waals surface area contributed by atoms with E-state index in [0.29, 0.717) is 12.4 Å². The van der Waals surface area contributed by atoms with Gasteiger partial charge in [-0.3, -0.25) is 0 Å². The van der Waals surface area contributed by atoms with Crippen molar-refractivity contribution in [1.29, 1.82) is 0 Å². The van der Waals surface area contributed by atoms with Crippen LogP contribution in [0.5, 0.6) is 5.75 Å². The highest BCUT2D eigenvalue weighted by atomic mass is 35.5. The molecule has 0 aliphatic carbocycles. The lowest BCUT2D eigenvalue weighted by atomic mass is 9.85. The Morgan fingerprint density at radius 1 is 1.14 bits per heavy atom.